The maximum Gasteiger partial charge on any atom is 0.496 e. The first-order chi connectivity index (χ1) is 9.23. The Kier molecular flexibility index (Phi) is 5.00. The van der Waals surface area contributed by atoms with Crippen LogP contribution in [0.1, 0.15) is 47.1 Å². The first kappa shape index (κ1) is 16.7. The Morgan fingerprint density at radius 3 is 2.10 bits per heavy atom. The van der Waals surface area contributed by atoms with Crippen molar-refractivity contribution >= 4 is 18.3 Å². The van der Waals surface area contributed by atoms with Crippen molar-refractivity contribution in [2.45, 2.75) is 52.7 Å². The fourth-order valence-corrected chi connectivity index (χ4v) is 1.74. The van der Waals surface area contributed by atoms with E-state index in [4.69, 9.17) is 15.0 Å². The molecule has 1 fully saturated rings. The summed E-state index contributed by atoms with van der Waals surface area (Å²) in [5, 5.41) is 0. The van der Waals surface area contributed by atoms with Gasteiger partial charge in [0, 0.05) is 29.1 Å². The molecule has 0 atom stereocenters. The van der Waals surface area contributed by atoms with E-state index in [1.807, 2.05) is 47.6 Å². The second-order valence-corrected chi connectivity index (χ2v) is 5.62. The van der Waals surface area contributed by atoms with Gasteiger partial charge in [-0.05, 0) is 27.7 Å². The normalized spacial score (nSPS) is 19.2. The molecule has 2 heterocycles. The Labute approximate surface area is 122 Å². The van der Waals surface area contributed by atoms with Crippen LogP contribution in [0.15, 0.2) is 25.0 Å². The van der Waals surface area contributed by atoms with Crippen LogP contribution in [0.5, 0.6) is 0 Å². The highest BCUT2D eigenvalue weighted by Crippen LogP contribution is 2.36. The van der Waals surface area contributed by atoms with Gasteiger partial charge >= 0.3 is 7.12 Å². The van der Waals surface area contributed by atoms with Crippen LogP contribution in [0, 0.1) is 0 Å². The van der Waals surface area contributed by atoms with Gasteiger partial charge in [-0.3, -0.25) is 4.98 Å². The Morgan fingerprint density at radius 2 is 1.65 bits per heavy atom. The summed E-state index contributed by atoms with van der Waals surface area (Å²) in [5.74, 6) is 0. The van der Waals surface area contributed by atoms with E-state index < -0.39 is 7.12 Å². The zero-order valence-corrected chi connectivity index (χ0v) is 13.4. The Bertz CT molecular complexity index is 471. The summed E-state index contributed by atoms with van der Waals surface area (Å²) in [6, 6.07) is 1.90. The number of hydrogen-bond donors (Lipinski definition) is 1. The maximum atomic E-state index is 5.95. The van der Waals surface area contributed by atoms with Crippen molar-refractivity contribution in [1.29, 1.82) is 0 Å². The molecule has 0 amide bonds. The molecule has 4 nitrogen and oxygen atoms in total. The number of rotatable bonds is 2. The van der Waals surface area contributed by atoms with E-state index in [2.05, 4.69) is 11.6 Å². The highest BCUT2D eigenvalue weighted by atomic mass is 16.7. The molecule has 0 saturated carbocycles. The summed E-state index contributed by atoms with van der Waals surface area (Å²) in [6.45, 7) is 15.8. The van der Waals surface area contributed by atoms with Crippen LogP contribution >= 0.6 is 0 Å². The highest BCUT2D eigenvalue weighted by molar-refractivity contribution is 6.62. The summed E-state index contributed by atoms with van der Waals surface area (Å²) >= 11 is 0. The minimum absolute atomic E-state index is 0.354. The van der Waals surface area contributed by atoms with E-state index in [-0.39, 0.29) is 11.2 Å². The van der Waals surface area contributed by atoms with E-state index >= 15 is 0 Å². The molecule has 1 aliphatic heterocycles. The molecule has 2 rings (SSSR count). The van der Waals surface area contributed by atoms with E-state index in [0.29, 0.717) is 5.70 Å². The average molecular weight is 276 g/mol. The topological polar surface area (TPSA) is 57.4 Å². The fraction of sp³-hybridized carbons (Fsp3) is 0.533. The molecule has 110 valence electrons. The smallest absolute Gasteiger partial charge is 0.399 e. The number of nitrogens with zero attached hydrogens (tertiary/aromatic N) is 1. The minimum Gasteiger partial charge on any atom is -0.399 e. The lowest BCUT2D eigenvalue weighted by atomic mass is 9.79. The first-order valence-corrected chi connectivity index (χ1v) is 6.98. The predicted molar refractivity (Wildman–Crippen MR) is 84.5 cm³/mol. The summed E-state index contributed by atoms with van der Waals surface area (Å²) in [4.78, 5) is 4.15. The molecule has 5 heteroatoms. The van der Waals surface area contributed by atoms with Crippen molar-refractivity contribution in [2.24, 2.45) is 5.73 Å². The van der Waals surface area contributed by atoms with Crippen molar-refractivity contribution < 1.29 is 9.31 Å². The number of nitrogens with two attached hydrogens (primary N) is 1. The lowest BCUT2D eigenvalue weighted by Gasteiger charge is -2.32. The summed E-state index contributed by atoms with van der Waals surface area (Å²) in [6.07, 6.45) is 3.41. The van der Waals surface area contributed by atoms with E-state index in [1.54, 1.807) is 12.4 Å². The van der Waals surface area contributed by atoms with Crippen molar-refractivity contribution in [2.75, 3.05) is 0 Å². The average Bonchev–Trinajstić information content (AvgIpc) is 2.61. The third kappa shape index (κ3) is 3.22. The molecular formula is C15H25BN2O2. The molecule has 1 aliphatic rings. The lowest BCUT2D eigenvalue weighted by molar-refractivity contribution is 0.00578. The largest absolute Gasteiger partial charge is 0.496 e. The predicted octanol–water partition coefficient (Wildman–Crippen LogP) is 2.34. The minimum atomic E-state index is -0.415. The first-order valence-electron chi connectivity index (χ1n) is 6.98. The van der Waals surface area contributed by atoms with Crippen LogP contribution in [0.3, 0.4) is 0 Å². The van der Waals surface area contributed by atoms with Crippen molar-refractivity contribution in [3.05, 3.63) is 30.6 Å². The third-order valence-corrected chi connectivity index (χ3v) is 3.66. The highest BCUT2D eigenvalue weighted by Gasteiger charge is 2.51. The van der Waals surface area contributed by atoms with Crippen LogP contribution in [-0.4, -0.2) is 23.3 Å². The molecular weight excluding hydrogens is 251 g/mol. The number of hydrogen-bond acceptors (Lipinski definition) is 4. The van der Waals surface area contributed by atoms with Crippen LogP contribution in [0.4, 0.5) is 0 Å². The summed E-state index contributed by atoms with van der Waals surface area (Å²) in [5.41, 5.74) is 7.10. The molecule has 20 heavy (non-hydrogen) atoms. The van der Waals surface area contributed by atoms with Crippen LogP contribution in [0.2, 0.25) is 0 Å². The van der Waals surface area contributed by atoms with Gasteiger partial charge in [-0.15, -0.1) is 0 Å². The molecule has 2 N–H and O–H groups in total. The number of aromatic nitrogens is 1. The Morgan fingerprint density at radius 1 is 1.15 bits per heavy atom. The second kappa shape index (κ2) is 5.98. The van der Waals surface area contributed by atoms with E-state index in [9.17, 15) is 0 Å². The van der Waals surface area contributed by atoms with Crippen molar-refractivity contribution in [3.8, 4) is 0 Å². The monoisotopic (exact) mass is 276 g/mol. The van der Waals surface area contributed by atoms with Gasteiger partial charge in [-0.2, -0.15) is 0 Å². The maximum absolute atomic E-state index is 5.95. The van der Waals surface area contributed by atoms with Gasteiger partial charge in [0.2, 0.25) is 0 Å². The number of pyridine rings is 1. The Hall–Kier alpha value is -1.33. The molecule has 1 aromatic rings. The van der Waals surface area contributed by atoms with Gasteiger partial charge in [0.25, 0.3) is 0 Å². The molecule has 0 unspecified atom stereocenters. The molecule has 1 saturated heterocycles. The molecule has 0 spiro atoms. The van der Waals surface area contributed by atoms with Crippen molar-refractivity contribution in [3.63, 3.8) is 0 Å². The molecule has 1 aromatic heterocycles. The second-order valence-electron chi connectivity index (χ2n) is 5.62. The zero-order chi connectivity index (χ0) is 15.6. The van der Waals surface area contributed by atoms with Crippen molar-refractivity contribution in [1.82, 2.24) is 4.98 Å². The molecule has 0 aliphatic carbocycles. The SMILES string of the molecule is C=C(N)c1cncc(B2OC(C)(C)C(C)(C)O2)c1.CC. The van der Waals surface area contributed by atoms with Crippen LogP contribution in [0.25, 0.3) is 5.70 Å². The third-order valence-electron chi connectivity index (χ3n) is 3.66. The van der Waals surface area contributed by atoms with Gasteiger partial charge in [-0.25, -0.2) is 0 Å². The van der Waals surface area contributed by atoms with Gasteiger partial charge in [0.15, 0.2) is 0 Å². The molecule has 0 bridgehead atoms. The van der Waals surface area contributed by atoms with E-state index in [0.717, 1.165) is 11.0 Å². The van der Waals surface area contributed by atoms with Gasteiger partial charge in [-0.1, -0.05) is 26.5 Å². The zero-order valence-electron chi connectivity index (χ0n) is 13.4. The molecule has 0 aromatic carbocycles. The van der Waals surface area contributed by atoms with Gasteiger partial charge in [0.1, 0.15) is 0 Å². The van der Waals surface area contributed by atoms with Gasteiger partial charge in [0.05, 0.1) is 11.2 Å². The van der Waals surface area contributed by atoms with Crippen LogP contribution in [-0.2, 0) is 9.31 Å². The van der Waals surface area contributed by atoms with E-state index in [1.165, 1.54) is 0 Å². The quantitative estimate of drug-likeness (QED) is 0.842. The standard InChI is InChI=1S/C13H19BN2O2.C2H6/c1-9(15)10-6-11(8-16-7-10)14-17-12(2,3)13(4,5)18-14;1-2/h6-8H,1,15H2,2-5H3;1-2H3. The summed E-state index contributed by atoms with van der Waals surface area (Å²) in [7, 11) is -0.415. The van der Waals surface area contributed by atoms with Gasteiger partial charge < -0.3 is 15.0 Å². The molecule has 0 radical (unpaired) electrons. The van der Waals surface area contributed by atoms with Crippen LogP contribution < -0.4 is 11.2 Å². The fourth-order valence-electron chi connectivity index (χ4n) is 1.74. The lowest BCUT2D eigenvalue weighted by Crippen LogP contribution is -2.41. The summed E-state index contributed by atoms with van der Waals surface area (Å²) < 4.78 is 11.9. The Balaban J connectivity index is 0.000000956.